The van der Waals surface area contributed by atoms with Crippen molar-refractivity contribution >= 4 is 33.6 Å². The first kappa shape index (κ1) is 16.5. The van der Waals surface area contributed by atoms with E-state index in [-0.39, 0.29) is 12.0 Å². The summed E-state index contributed by atoms with van der Waals surface area (Å²) in [6, 6.07) is 8.02. The van der Waals surface area contributed by atoms with Crippen molar-refractivity contribution in [1.82, 2.24) is 14.9 Å². The maximum Gasteiger partial charge on any atom is 0.233 e. The van der Waals surface area contributed by atoms with Crippen LogP contribution in [0.25, 0.3) is 11.3 Å². The van der Waals surface area contributed by atoms with Crippen molar-refractivity contribution in [3.63, 3.8) is 0 Å². The average Bonchev–Trinajstić information content (AvgIpc) is 3.02. The number of aromatic nitrogens is 2. The number of nitrogens with zero attached hydrogens (tertiary/aromatic N) is 2. The molecule has 23 heavy (non-hydrogen) atoms. The maximum atomic E-state index is 12.2. The fraction of sp³-hybridized carbons (Fsp3) is 0.375. The minimum Gasteiger partial charge on any atom is -0.375 e. The van der Waals surface area contributed by atoms with E-state index in [0.717, 1.165) is 20.9 Å². The molecule has 1 aliphatic rings. The van der Waals surface area contributed by atoms with Crippen LogP contribution in [0.15, 0.2) is 40.1 Å². The summed E-state index contributed by atoms with van der Waals surface area (Å²) >= 11 is 4.86. The molecule has 2 aromatic rings. The van der Waals surface area contributed by atoms with Gasteiger partial charge in [0.2, 0.25) is 5.91 Å². The highest BCUT2D eigenvalue weighted by atomic mass is 79.9. The number of carbonyl (C=O) groups excluding carboxylic acids is 1. The highest BCUT2D eigenvalue weighted by Crippen LogP contribution is 2.23. The first-order chi connectivity index (χ1) is 11.1. The van der Waals surface area contributed by atoms with Gasteiger partial charge >= 0.3 is 0 Å². The van der Waals surface area contributed by atoms with E-state index in [1.54, 1.807) is 6.20 Å². The minimum atomic E-state index is 0.116. The molecule has 1 amide bonds. The second-order valence-corrected chi connectivity index (χ2v) is 7.30. The van der Waals surface area contributed by atoms with E-state index >= 15 is 0 Å². The van der Waals surface area contributed by atoms with E-state index < -0.39 is 0 Å². The molecule has 1 fully saturated rings. The number of morpholine rings is 1. The molecule has 1 saturated heterocycles. The van der Waals surface area contributed by atoms with Crippen molar-refractivity contribution in [3.8, 4) is 11.3 Å². The Hall–Kier alpha value is -1.31. The third-order valence-electron chi connectivity index (χ3n) is 3.63. The Kier molecular flexibility index (Phi) is 5.40. The normalized spacial score (nSPS) is 18.2. The van der Waals surface area contributed by atoms with Crippen molar-refractivity contribution in [2.75, 3.05) is 25.4 Å². The molecule has 7 heteroatoms. The molecule has 0 aliphatic carbocycles. The van der Waals surface area contributed by atoms with Crippen LogP contribution in [0.3, 0.4) is 0 Å². The van der Waals surface area contributed by atoms with Gasteiger partial charge in [0.15, 0.2) is 5.16 Å². The molecular weight excluding hydrogens is 378 g/mol. The zero-order valence-corrected chi connectivity index (χ0v) is 15.2. The van der Waals surface area contributed by atoms with E-state index in [1.165, 1.54) is 11.8 Å². The highest BCUT2D eigenvalue weighted by Gasteiger charge is 2.21. The van der Waals surface area contributed by atoms with Gasteiger partial charge in [0, 0.05) is 17.6 Å². The van der Waals surface area contributed by atoms with Crippen LogP contribution in [0.4, 0.5) is 0 Å². The number of halogens is 1. The number of nitrogens with one attached hydrogen (secondary N) is 1. The summed E-state index contributed by atoms with van der Waals surface area (Å²) in [6.45, 7) is 3.95. The summed E-state index contributed by atoms with van der Waals surface area (Å²) in [5.74, 6) is 0.520. The average molecular weight is 396 g/mol. The third-order valence-corrected chi connectivity index (χ3v) is 5.03. The largest absolute Gasteiger partial charge is 0.375 e. The number of H-pyrrole nitrogens is 1. The molecule has 0 radical (unpaired) electrons. The fourth-order valence-corrected chi connectivity index (χ4v) is 3.44. The predicted octanol–water partition coefficient (Wildman–Crippen LogP) is 3.18. The van der Waals surface area contributed by atoms with Crippen LogP contribution in [0, 0.1) is 0 Å². The van der Waals surface area contributed by atoms with Crippen LogP contribution in [0.1, 0.15) is 6.92 Å². The number of amides is 1. The Morgan fingerprint density at radius 3 is 3.00 bits per heavy atom. The quantitative estimate of drug-likeness (QED) is 0.807. The number of thioether (sulfide) groups is 1. The molecular formula is C16H18BrN3O2S. The Labute approximate surface area is 147 Å². The first-order valence-electron chi connectivity index (χ1n) is 7.45. The number of ether oxygens (including phenoxy) is 1. The van der Waals surface area contributed by atoms with E-state index in [4.69, 9.17) is 4.74 Å². The van der Waals surface area contributed by atoms with E-state index in [2.05, 4.69) is 25.9 Å². The second-order valence-electron chi connectivity index (χ2n) is 5.42. The maximum absolute atomic E-state index is 12.2. The summed E-state index contributed by atoms with van der Waals surface area (Å²) < 4.78 is 6.50. The smallest absolute Gasteiger partial charge is 0.233 e. The van der Waals surface area contributed by atoms with Crippen LogP contribution >= 0.6 is 27.7 Å². The van der Waals surface area contributed by atoms with Gasteiger partial charge in [0.1, 0.15) is 0 Å². The van der Waals surface area contributed by atoms with Gasteiger partial charge in [-0.1, -0.05) is 39.8 Å². The Morgan fingerprint density at radius 2 is 2.26 bits per heavy atom. The third kappa shape index (κ3) is 4.37. The molecule has 1 aromatic carbocycles. The van der Waals surface area contributed by atoms with Crippen molar-refractivity contribution < 1.29 is 9.53 Å². The summed E-state index contributed by atoms with van der Waals surface area (Å²) in [5.41, 5.74) is 2.02. The number of imidazole rings is 1. The van der Waals surface area contributed by atoms with Gasteiger partial charge in [-0.05, 0) is 24.6 Å². The van der Waals surface area contributed by atoms with Crippen molar-refractivity contribution in [2.24, 2.45) is 0 Å². The lowest BCUT2D eigenvalue weighted by molar-refractivity contribution is -0.135. The van der Waals surface area contributed by atoms with E-state index in [1.807, 2.05) is 36.1 Å². The topological polar surface area (TPSA) is 58.2 Å². The molecule has 0 bridgehead atoms. The molecule has 3 rings (SSSR count). The van der Waals surface area contributed by atoms with Gasteiger partial charge in [0.25, 0.3) is 0 Å². The summed E-state index contributed by atoms with van der Waals surface area (Å²) in [6.07, 6.45) is 1.91. The Morgan fingerprint density at radius 1 is 1.48 bits per heavy atom. The van der Waals surface area contributed by atoms with Crippen molar-refractivity contribution in [3.05, 3.63) is 34.9 Å². The summed E-state index contributed by atoms with van der Waals surface area (Å²) in [7, 11) is 0. The van der Waals surface area contributed by atoms with Crippen LogP contribution in [0.2, 0.25) is 0 Å². The summed E-state index contributed by atoms with van der Waals surface area (Å²) in [4.78, 5) is 21.7. The fourth-order valence-electron chi connectivity index (χ4n) is 2.42. The van der Waals surface area contributed by atoms with Crippen LogP contribution in [-0.2, 0) is 9.53 Å². The monoisotopic (exact) mass is 395 g/mol. The molecule has 1 N–H and O–H groups in total. The van der Waals surface area contributed by atoms with Crippen LogP contribution in [-0.4, -0.2) is 52.3 Å². The molecule has 1 aromatic heterocycles. The summed E-state index contributed by atoms with van der Waals surface area (Å²) in [5, 5.41) is 0.762. The minimum absolute atomic E-state index is 0.116. The first-order valence-corrected chi connectivity index (χ1v) is 9.23. The number of aromatic amines is 1. The predicted molar refractivity (Wildman–Crippen MR) is 94.4 cm³/mol. The van der Waals surface area contributed by atoms with Gasteiger partial charge in [-0.25, -0.2) is 4.98 Å². The number of carbonyl (C=O) groups is 1. The molecule has 2 heterocycles. The molecule has 0 saturated carbocycles. The molecule has 1 atom stereocenters. The second kappa shape index (κ2) is 7.51. The van der Waals surface area contributed by atoms with Gasteiger partial charge in [-0.15, -0.1) is 0 Å². The number of benzene rings is 1. The lowest BCUT2D eigenvalue weighted by atomic mass is 10.2. The molecule has 5 nitrogen and oxygen atoms in total. The number of hydrogen-bond acceptors (Lipinski definition) is 4. The molecule has 0 spiro atoms. The lowest BCUT2D eigenvalue weighted by Gasteiger charge is -2.31. The van der Waals surface area contributed by atoms with Crippen molar-refractivity contribution in [1.29, 1.82) is 0 Å². The van der Waals surface area contributed by atoms with Crippen molar-refractivity contribution in [2.45, 2.75) is 18.2 Å². The van der Waals surface area contributed by atoms with Gasteiger partial charge in [-0.2, -0.15) is 0 Å². The zero-order chi connectivity index (χ0) is 16.2. The van der Waals surface area contributed by atoms with E-state index in [9.17, 15) is 4.79 Å². The SMILES string of the molecule is C[C@H]1CN(C(=O)CSc2ncc(-c3ccc(Br)cc3)[nH]2)CCO1. The van der Waals surface area contributed by atoms with Gasteiger partial charge < -0.3 is 14.6 Å². The lowest BCUT2D eigenvalue weighted by Crippen LogP contribution is -2.45. The molecule has 0 unspecified atom stereocenters. The molecule has 1 aliphatic heterocycles. The Balaban J connectivity index is 1.56. The molecule has 122 valence electrons. The standard InChI is InChI=1S/C16H18BrN3O2S/c1-11-9-20(6-7-22-11)15(21)10-23-16-18-8-14(19-16)12-2-4-13(17)5-3-12/h2-5,8,11H,6-7,9-10H2,1H3,(H,18,19)/t11-/m0/s1. The van der Waals surface area contributed by atoms with E-state index in [0.29, 0.717) is 25.4 Å². The van der Waals surface area contributed by atoms with Crippen LogP contribution in [0.5, 0.6) is 0 Å². The van der Waals surface area contributed by atoms with Gasteiger partial charge in [-0.3, -0.25) is 4.79 Å². The number of hydrogen-bond donors (Lipinski definition) is 1. The highest BCUT2D eigenvalue weighted by molar-refractivity contribution is 9.10. The zero-order valence-electron chi connectivity index (χ0n) is 12.8. The number of rotatable bonds is 4. The van der Waals surface area contributed by atoms with Gasteiger partial charge in [0.05, 0.1) is 30.4 Å². The van der Waals surface area contributed by atoms with Crippen LogP contribution < -0.4 is 0 Å². The Bertz CT molecular complexity index is 674.